The molecular weight excluding hydrogens is 296 g/mol. The van der Waals surface area contributed by atoms with E-state index in [2.05, 4.69) is 16.0 Å². The Hall–Kier alpha value is -3.35. The summed E-state index contributed by atoms with van der Waals surface area (Å²) in [6.45, 7) is 0.320. The SMILES string of the molecule is Nc1cccc(CNC(=O)Nc2ccc3c(c2)C(=O)NC3=O)c1. The monoisotopic (exact) mass is 310 g/mol. The first-order chi connectivity index (χ1) is 11.0. The van der Waals surface area contributed by atoms with Crippen LogP contribution in [-0.2, 0) is 6.54 Å². The molecular formula is C16H14N4O3. The van der Waals surface area contributed by atoms with Gasteiger partial charge in [0.15, 0.2) is 0 Å². The normalized spacial score (nSPS) is 12.5. The molecule has 1 heterocycles. The third-order valence-corrected chi connectivity index (χ3v) is 3.40. The van der Waals surface area contributed by atoms with Crippen LogP contribution in [0.25, 0.3) is 0 Å². The minimum absolute atomic E-state index is 0.253. The van der Waals surface area contributed by atoms with Crippen LogP contribution in [0, 0.1) is 0 Å². The van der Waals surface area contributed by atoms with Gasteiger partial charge in [-0.25, -0.2) is 4.79 Å². The molecule has 1 aliphatic heterocycles. The van der Waals surface area contributed by atoms with E-state index in [1.54, 1.807) is 24.3 Å². The van der Waals surface area contributed by atoms with Crippen molar-refractivity contribution in [3.63, 3.8) is 0 Å². The molecule has 4 amide bonds. The van der Waals surface area contributed by atoms with Crippen molar-refractivity contribution in [1.29, 1.82) is 0 Å². The Morgan fingerprint density at radius 3 is 2.61 bits per heavy atom. The zero-order valence-electron chi connectivity index (χ0n) is 12.1. The maximum Gasteiger partial charge on any atom is 0.319 e. The molecule has 0 saturated carbocycles. The smallest absolute Gasteiger partial charge is 0.319 e. The quantitative estimate of drug-likeness (QED) is 0.508. The lowest BCUT2D eigenvalue weighted by Crippen LogP contribution is -2.28. The Bertz CT molecular complexity index is 817. The molecule has 23 heavy (non-hydrogen) atoms. The average molecular weight is 310 g/mol. The van der Waals surface area contributed by atoms with Crippen LogP contribution in [0.3, 0.4) is 0 Å². The van der Waals surface area contributed by atoms with Gasteiger partial charge in [-0.15, -0.1) is 0 Å². The van der Waals surface area contributed by atoms with E-state index < -0.39 is 17.8 Å². The Kier molecular flexibility index (Phi) is 3.68. The van der Waals surface area contributed by atoms with Crippen molar-refractivity contribution in [3.8, 4) is 0 Å². The summed E-state index contributed by atoms with van der Waals surface area (Å²) in [5, 5.41) is 7.51. The van der Waals surface area contributed by atoms with E-state index in [1.807, 2.05) is 6.07 Å². The van der Waals surface area contributed by atoms with Gasteiger partial charge in [0, 0.05) is 17.9 Å². The highest BCUT2D eigenvalue weighted by molar-refractivity contribution is 6.22. The van der Waals surface area contributed by atoms with Crippen LogP contribution in [0.1, 0.15) is 26.3 Å². The highest BCUT2D eigenvalue weighted by atomic mass is 16.2. The number of rotatable bonds is 3. The number of hydrogen-bond donors (Lipinski definition) is 4. The second-order valence-electron chi connectivity index (χ2n) is 5.10. The van der Waals surface area contributed by atoms with Crippen molar-refractivity contribution >= 4 is 29.2 Å². The second-order valence-corrected chi connectivity index (χ2v) is 5.10. The van der Waals surface area contributed by atoms with Crippen LogP contribution in [-0.4, -0.2) is 17.8 Å². The number of anilines is 2. The van der Waals surface area contributed by atoms with Crippen molar-refractivity contribution in [1.82, 2.24) is 10.6 Å². The summed E-state index contributed by atoms with van der Waals surface area (Å²) in [5.41, 5.74) is 8.16. The molecule has 0 saturated heterocycles. The molecule has 3 rings (SSSR count). The zero-order valence-corrected chi connectivity index (χ0v) is 12.1. The lowest BCUT2D eigenvalue weighted by atomic mass is 10.1. The van der Waals surface area contributed by atoms with Gasteiger partial charge >= 0.3 is 6.03 Å². The molecule has 1 aliphatic rings. The summed E-state index contributed by atoms with van der Waals surface area (Å²) in [4.78, 5) is 34.9. The molecule has 7 nitrogen and oxygen atoms in total. The number of amides is 4. The van der Waals surface area contributed by atoms with Gasteiger partial charge in [-0.2, -0.15) is 0 Å². The summed E-state index contributed by atoms with van der Waals surface area (Å²) in [7, 11) is 0. The first kappa shape index (κ1) is 14.6. The summed E-state index contributed by atoms with van der Waals surface area (Å²) >= 11 is 0. The van der Waals surface area contributed by atoms with Crippen molar-refractivity contribution < 1.29 is 14.4 Å². The summed E-state index contributed by atoms with van der Waals surface area (Å²) in [6.07, 6.45) is 0. The van der Waals surface area contributed by atoms with E-state index in [4.69, 9.17) is 5.73 Å². The van der Waals surface area contributed by atoms with Crippen molar-refractivity contribution in [2.45, 2.75) is 6.54 Å². The lowest BCUT2D eigenvalue weighted by molar-refractivity contribution is 0.0879. The fourth-order valence-electron chi connectivity index (χ4n) is 2.31. The van der Waals surface area contributed by atoms with Gasteiger partial charge in [0.1, 0.15) is 0 Å². The first-order valence-electron chi connectivity index (χ1n) is 6.92. The summed E-state index contributed by atoms with van der Waals surface area (Å²) in [5.74, 6) is -0.892. The van der Waals surface area contributed by atoms with Crippen LogP contribution in [0.2, 0.25) is 0 Å². The number of nitrogens with one attached hydrogen (secondary N) is 3. The summed E-state index contributed by atoms with van der Waals surface area (Å²) in [6, 6.07) is 11.3. The molecule has 0 fully saturated rings. The molecule has 0 aliphatic carbocycles. The molecule has 0 unspecified atom stereocenters. The average Bonchev–Trinajstić information content (AvgIpc) is 2.80. The Morgan fingerprint density at radius 2 is 1.83 bits per heavy atom. The van der Waals surface area contributed by atoms with Crippen LogP contribution in [0.5, 0.6) is 0 Å². The van der Waals surface area contributed by atoms with Crippen LogP contribution in [0.15, 0.2) is 42.5 Å². The molecule has 2 aromatic carbocycles. The van der Waals surface area contributed by atoms with Gasteiger partial charge in [-0.05, 0) is 35.9 Å². The van der Waals surface area contributed by atoms with Gasteiger partial charge < -0.3 is 16.4 Å². The molecule has 5 N–H and O–H groups in total. The standard InChI is InChI=1S/C16H14N4O3/c17-10-3-1-2-9(6-10)8-18-16(23)19-11-4-5-12-13(7-11)15(22)20-14(12)21/h1-7H,8,17H2,(H2,18,19,23)(H,20,21,22). The van der Waals surface area contributed by atoms with E-state index >= 15 is 0 Å². The Labute approximate surface area is 131 Å². The van der Waals surface area contributed by atoms with E-state index in [0.717, 1.165) is 5.56 Å². The van der Waals surface area contributed by atoms with E-state index in [-0.39, 0.29) is 5.56 Å². The highest BCUT2D eigenvalue weighted by Crippen LogP contribution is 2.20. The number of carbonyl (C=O) groups is 3. The van der Waals surface area contributed by atoms with Gasteiger partial charge in [0.05, 0.1) is 11.1 Å². The maximum absolute atomic E-state index is 11.9. The molecule has 0 aromatic heterocycles. The molecule has 0 spiro atoms. The third kappa shape index (κ3) is 3.13. The first-order valence-corrected chi connectivity index (χ1v) is 6.92. The van der Waals surface area contributed by atoms with Gasteiger partial charge in [-0.1, -0.05) is 12.1 Å². The molecule has 7 heteroatoms. The number of urea groups is 1. The fourth-order valence-corrected chi connectivity index (χ4v) is 2.31. The second kappa shape index (κ2) is 5.80. The van der Waals surface area contributed by atoms with E-state index in [9.17, 15) is 14.4 Å². The maximum atomic E-state index is 11.9. The molecule has 2 aromatic rings. The minimum atomic E-state index is -0.464. The third-order valence-electron chi connectivity index (χ3n) is 3.40. The zero-order chi connectivity index (χ0) is 16.4. The molecule has 116 valence electrons. The van der Waals surface area contributed by atoms with Crippen molar-refractivity contribution in [2.75, 3.05) is 11.1 Å². The van der Waals surface area contributed by atoms with E-state index in [0.29, 0.717) is 23.5 Å². The topological polar surface area (TPSA) is 113 Å². The lowest BCUT2D eigenvalue weighted by Gasteiger charge is -2.09. The molecule has 0 bridgehead atoms. The van der Waals surface area contributed by atoms with Crippen LogP contribution in [0.4, 0.5) is 16.2 Å². The fraction of sp³-hybridized carbons (Fsp3) is 0.0625. The Balaban J connectivity index is 1.63. The van der Waals surface area contributed by atoms with Crippen molar-refractivity contribution in [3.05, 3.63) is 59.2 Å². The number of hydrogen-bond acceptors (Lipinski definition) is 4. The summed E-state index contributed by atoms with van der Waals surface area (Å²) < 4.78 is 0. The molecule has 0 atom stereocenters. The number of fused-ring (bicyclic) bond motifs is 1. The van der Waals surface area contributed by atoms with Crippen LogP contribution >= 0.6 is 0 Å². The van der Waals surface area contributed by atoms with Gasteiger partial charge in [0.2, 0.25) is 0 Å². The van der Waals surface area contributed by atoms with Gasteiger partial charge in [0.25, 0.3) is 11.8 Å². The van der Waals surface area contributed by atoms with Crippen LogP contribution < -0.4 is 21.7 Å². The number of nitrogen functional groups attached to an aromatic ring is 1. The predicted molar refractivity (Wildman–Crippen MR) is 85.0 cm³/mol. The highest BCUT2D eigenvalue weighted by Gasteiger charge is 2.26. The molecule has 0 radical (unpaired) electrons. The Morgan fingerprint density at radius 1 is 1.04 bits per heavy atom. The van der Waals surface area contributed by atoms with E-state index in [1.165, 1.54) is 12.1 Å². The van der Waals surface area contributed by atoms with Gasteiger partial charge in [-0.3, -0.25) is 14.9 Å². The number of carbonyl (C=O) groups excluding carboxylic acids is 3. The number of benzene rings is 2. The predicted octanol–water partition coefficient (Wildman–Crippen LogP) is 1.47. The minimum Gasteiger partial charge on any atom is -0.399 e. The largest absolute Gasteiger partial charge is 0.399 e. The van der Waals surface area contributed by atoms with Crippen molar-refractivity contribution in [2.24, 2.45) is 0 Å². The number of imide groups is 1. The number of nitrogens with two attached hydrogens (primary N) is 1.